The van der Waals surface area contributed by atoms with Gasteiger partial charge in [-0.25, -0.2) is 0 Å². The van der Waals surface area contributed by atoms with Gasteiger partial charge in [0.15, 0.2) is 0 Å². The van der Waals surface area contributed by atoms with Gasteiger partial charge in [0.2, 0.25) is 0 Å². The second kappa shape index (κ2) is 8.57. The monoisotopic (exact) mass is 229 g/mol. The van der Waals surface area contributed by atoms with Crippen molar-refractivity contribution in [2.45, 2.75) is 53.0 Å². The Morgan fingerprint density at radius 2 is 1.94 bits per heavy atom. The fraction of sp³-hybridized carbons (Fsp3) is 0.923. The van der Waals surface area contributed by atoms with Crippen molar-refractivity contribution < 1.29 is 9.53 Å². The van der Waals surface area contributed by atoms with Gasteiger partial charge < -0.3 is 10.1 Å². The summed E-state index contributed by atoms with van der Waals surface area (Å²) < 4.78 is 4.80. The minimum absolute atomic E-state index is 0.141. The first kappa shape index (κ1) is 15.4. The Hall–Kier alpha value is -0.570. The molecule has 2 unspecified atom stereocenters. The van der Waals surface area contributed by atoms with Crippen LogP contribution in [0.2, 0.25) is 0 Å². The first-order valence-corrected chi connectivity index (χ1v) is 6.32. The molecule has 0 amide bonds. The molecule has 3 heteroatoms. The Kier molecular flexibility index (Phi) is 8.26. The van der Waals surface area contributed by atoms with E-state index in [9.17, 15) is 4.79 Å². The summed E-state index contributed by atoms with van der Waals surface area (Å²) in [6.07, 6.45) is 3.23. The molecule has 0 spiro atoms. The van der Waals surface area contributed by atoms with Gasteiger partial charge in [0.1, 0.15) is 6.04 Å². The van der Waals surface area contributed by atoms with Crippen molar-refractivity contribution in [2.75, 3.05) is 13.7 Å². The highest BCUT2D eigenvalue weighted by Crippen LogP contribution is 2.08. The number of nitrogens with one attached hydrogen (secondary N) is 1. The van der Waals surface area contributed by atoms with Crippen LogP contribution in [0.25, 0.3) is 0 Å². The second-order valence-electron chi connectivity index (χ2n) is 5.01. The molecule has 0 radical (unpaired) electrons. The number of rotatable bonds is 8. The minimum Gasteiger partial charge on any atom is -0.468 e. The maximum Gasteiger partial charge on any atom is 0.322 e. The number of methoxy groups -OCH3 is 1. The standard InChI is InChI=1S/C13H27NO2/c1-6-7-11(4)9-14-12(8-10(2)3)13(15)16-5/h10-12,14H,6-9H2,1-5H3. The Balaban J connectivity index is 4.05. The lowest BCUT2D eigenvalue weighted by Gasteiger charge is -2.20. The number of hydrogen-bond donors (Lipinski definition) is 1. The van der Waals surface area contributed by atoms with Crippen molar-refractivity contribution >= 4 is 5.97 Å². The van der Waals surface area contributed by atoms with E-state index in [-0.39, 0.29) is 12.0 Å². The lowest BCUT2D eigenvalue weighted by Crippen LogP contribution is -2.40. The first-order valence-electron chi connectivity index (χ1n) is 6.32. The van der Waals surface area contributed by atoms with Gasteiger partial charge in [0, 0.05) is 0 Å². The Labute approximate surface area is 99.9 Å². The van der Waals surface area contributed by atoms with Gasteiger partial charge in [-0.1, -0.05) is 34.1 Å². The SMILES string of the molecule is CCCC(C)CNC(CC(C)C)C(=O)OC. The van der Waals surface area contributed by atoms with Crippen molar-refractivity contribution in [3.63, 3.8) is 0 Å². The number of carbonyl (C=O) groups excluding carboxylic acids is 1. The largest absolute Gasteiger partial charge is 0.468 e. The predicted octanol–water partition coefficient (Wildman–Crippen LogP) is 2.60. The summed E-state index contributed by atoms with van der Waals surface area (Å²) in [5.74, 6) is 0.972. The van der Waals surface area contributed by atoms with E-state index in [0.29, 0.717) is 11.8 Å². The fourth-order valence-corrected chi connectivity index (χ4v) is 1.81. The molecule has 0 aliphatic rings. The van der Waals surface area contributed by atoms with Crippen LogP contribution >= 0.6 is 0 Å². The summed E-state index contributed by atoms with van der Waals surface area (Å²) >= 11 is 0. The molecule has 0 aliphatic carbocycles. The maximum absolute atomic E-state index is 11.5. The van der Waals surface area contributed by atoms with Gasteiger partial charge in [-0.3, -0.25) is 4.79 Å². The molecule has 0 aliphatic heterocycles. The van der Waals surface area contributed by atoms with Crippen LogP contribution in [0.1, 0.15) is 47.0 Å². The maximum atomic E-state index is 11.5. The van der Waals surface area contributed by atoms with Crippen LogP contribution in [0.15, 0.2) is 0 Å². The highest BCUT2D eigenvalue weighted by Gasteiger charge is 2.20. The van der Waals surface area contributed by atoms with Crippen LogP contribution in [-0.4, -0.2) is 25.7 Å². The van der Waals surface area contributed by atoms with Crippen molar-refractivity contribution in [3.8, 4) is 0 Å². The lowest BCUT2D eigenvalue weighted by atomic mass is 10.0. The smallest absolute Gasteiger partial charge is 0.322 e. The molecule has 3 nitrogen and oxygen atoms in total. The minimum atomic E-state index is -0.149. The van der Waals surface area contributed by atoms with Gasteiger partial charge in [-0.2, -0.15) is 0 Å². The molecule has 0 aromatic heterocycles. The van der Waals surface area contributed by atoms with E-state index in [0.717, 1.165) is 13.0 Å². The molecule has 2 atom stereocenters. The summed E-state index contributed by atoms with van der Waals surface area (Å²) in [5.41, 5.74) is 0. The summed E-state index contributed by atoms with van der Waals surface area (Å²) in [7, 11) is 1.45. The molecule has 0 saturated heterocycles. The molecule has 0 rings (SSSR count). The lowest BCUT2D eigenvalue weighted by molar-refractivity contribution is -0.143. The molecular weight excluding hydrogens is 202 g/mol. The van der Waals surface area contributed by atoms with Crippen LogP contribution in [0.4, 0.5) is 0 Å². The topological polar surface area (TPSA) is 38.3 Å². The van der Waals surface area contributed by atoms with Gasteiger partial charge in [-0.05, 0) is 31.2 Å². The van der Waals surface area contributed by atoms with Crippen molar-refractivity contribution in [1.82, 2.24) is 5.32 Å². The average molecular weight is 229 g/mol. The highest BCUT2D eigenvalue weighted by molar-refractivity contribution is 5.75. The van der Waals surface area contributed by atoms with Gasteiger partial charge in [0.05, 0.1) is 7.11 Å². The number of hydrogen-bond acceptors (Lipinski definition) is 3. The van der Waals surface area contributed by atoms with Crippen LogP contribution < -0.4 is 5.32 Å². The molecule has 16 heavy (non-hydrogen) atoms. The molecule has 0 heterocycles. The third-order valence-electron chi connectivity index (χ3n) is 2.69. The summed E-state index contributed by atoms with van der Waals surface area (Å²) in [6, 6.07) is -0.149. The number of esters is 1. The second-order valence-corrected chi connectivity index (χ2v) is 5.01. The zero-order chi connectivity index (χ0) is 12.6. The van der Waals surface area contributed by atoms with Gasteiger partial charge in [-0.15, -0.1) is 0 Å². The Bertz CT molecular complexity index is 192. The van der Waals surface area contributed by atoms with E-state index in [1.165, 1.54) is 20.0 Å². The van der Waals surface area contributed by atoms with Crippen LogP contribution in [0.3, 0.4) is 0 Å². The normalized spacial score (nSPS) is 14.9. The van der Waals surface area contributed by atoms with E-state index < -0.39 is 0 Å². The summed E-state index contributed by atoms with van der Waals surface area (Å²) in [6.45, 7) is 9.52. The van der Waals surface area contributed by atoms with E-state index >= 15 is 0 Å². The van der Waals surface area contributed by atoms with E-state index in [1.54, 1.807) is 0 Å². The molecule has 1 N–H and O–H groups in total. The molecule has 0 saturated carbocycles. The van der Waals surface area contributed by atoms with Crippen molar-refractivity contribution in [2.24, 2.45) is 11.8 Å². The predicted molar refractivity (Wildman–Crippen MR) is 67.3 cm³/mol. The third kappa shape index (κ3) is 6.83. The molecule has 0 fully saturated rings. The summed E-state index contributed by atoms with van der Waals surface area (Å²) in [4.78, 5) is 11.5. The van der Waals surface area contributed by atoms with Crippen molar-refractivity contribution in [3.05, 3.63) is 0 Å². The third-order valence-corrected chi connectivity index (χ3v) is 2.69. The first-order chi connectivity index (χ1) is 7.51. The highest BCUT2D eigenvalue weighted by atomic mass is 16.5. The zero-order valence-electron chi connectivity index (χ0n) is 11.4. The molecule has 0 aromatic rings. The molecule has 0 bridgehead atoms. The number of ether oxygens (including phenoxy) is 1. The zero-order valence-corrected chi connectivity index (χ0v) is 11.4. The van der Waals surface area contributed by atoms with Crippen LogP contribution in [0, 0.1) is 11.8 Å². The molecule has 96 valence electrons. The van der Waals surface area contributed by atoms with Gasteiger partial charge in [0.25, 0.3) is 0 Å². The summed E-state index contributed by atoms with van der Waals surface area (Å²) in [5, 5.41) is 3.31. The quantitative estimate of drug-likeness (QED) is 0.650. The van der Waals surface area contributed by atoms with Crippen LogP contribution in [0.5, 0.6) is 0 Å². The average Bonchev–Trinajstić information content (AvgIpc) is 2.23. The van der Waals surface area contributed by atoms with E-state index in [4.69, 9.17) is 4.74 Å². The van der Waals surface area contributed by atoms with Crippen LogP contribution in [-0.2, 0) is 9.53 Å². The van der Waals surface area contributed by atoms with E-state index in [1.807, 2.05) is 0 Å². The number of carbonyl (C=O) groups is 1. The molecule has 0 aromatic carbocycles. The van der Waals surface area contributed by atoms with Crippen molar-refractivity contribution in [1.29, 1.82) is 0 Å². The van der Waals surface area contributed by atoms with E-state index in [2.05, 4.69) is 33.0 Å². The fourth-order valence-electron chi connectivity index (χ4n) is 1.81. The Morgan fingerprint density at radius 3 is 2.38 bits per heavy atom. The molecular formula is C13H27NO2. The van der Waals surface area contributed by atoms with Gasteiger partial charge >= 0.3 is 5.97 Å². The Morgan fingerprint density at radius 1 is 1.31 bits per heavy atom.